The molecule has 3 rings (SSSR count). The molecule has 0 radical (unpaired) electrons. The molecule has 4 nitrogen and oxygen atoms in total. The van der Waals surface area contributed by atoms with Crippen molar-refractivity contribution in [3.05, 3.63) is 94.0 Å². The molecule has 0 saturated heterocycles. The number of esters is 1. The summed E-state index contributed by atoms with van der Waals surface area (Å²) in [7, 11) is 0. The van der Waals surface area contributed by atoms with Crippen LogP contribution in [0.3, 0.4) is 0 Å². The van der Waals surface area contributed by atoms with E-state index in [-0.39, 0.29) is 6.61 Å². The third kappa shape index (κ3) is 5.50. The number of para-hydroxylation sites is 1. The van der Waals surface area contributed by atoms with Crippen LogP contribution in [0.4, 0.5) is 0 Å². The van der Waals surface area contributed by atoms with E-state index < -0.39 is 5.97 Å². The number of carbonyl (C=O) groups is 1. The molecule has 0 aromatic heterocycles. The minimum absolute atomic E-state index is 0.197. The lowest BCUT2D eigenvalue weighted by atomic mass is 10.0. The zero-order valence-corrected chi connectivity index (χ0v) is 17.4. The lowest BCUT2D eigenvalue weighted by molar-refractivity contribution is -0.136. The van der Waals surface area contributed by atoms with Crippen molar-refractivity contribution in [1.82, 2.24) is 0 Å². The highest BCUT2D eigenvalue weighted by atomic mass is 35.5. The average molecular weight is 418 g/mol. The van der Waals surface area contributed by atoms with Crippen LogP contribution in [-0.4, -0.2) is 12.6 Å². The number of benzene rings is 3. The molecule has 0 aliphatic heterocycles. The first-order chi connectivity index (χ1) is 14.5. The standard InChI is InChI=1S/C25H20ClNO3/c1-17-6-3-7-18(2)25(17)29-16-24(28)30-23-11-4-8-19(13-23)12-21(15-27)20-9-5-10-22(26)14-20/h3-14H,16H2,1-2H3/b21-12-. The third-order valence-corrected chi connectivity index (χ3v) is 4.64. The molecule has 3 aromatic rings. The number of rotatable bonds is 6. The average Bonchev–Trinajstić information content (AvgIpc) is 2.72. The highest BCUT2D eigenvalue weighted by Gasteiger charge is 2.10. The Labute approximate surface area is 180 Å². The van der Waals surface area contributed by atoms with Gasteiger partial charge in [0, 0.05) is 5.02 Å². The molecule has 30 heavy (non-hydrogen) atoms. The predicted octanol–water partition coefficient (Wildman–Crippen LogP) is 6.01. The zero-order valence-electron chi connectivity index (χ0n) is 16.7. The number of nitriles is 1. The first-order valence-corrected chi connectivity index (χ1v) is 9.71. The summed E-state index contributed by atoms with van der Waals surface area (Å²) in [6.45, 7) is 3.66. The van der Waals surface area contributed by atoms with Crippen LogP contribution in [0.15, 0.2) is 66.7 Å². The van der Waals surface area contributed by atoms with Gasteiger partial charge in [0.2, 0.25) is 0 Å². The molecule has 0 spiro atoms. The van der Waals surface area contributed by atoms with E-state index in [0.717, 1.165) is 22.3 Å². The van der Waals surface area contributed by atoms with E-state index in [1.807, 2.05) is 44.2 Å². The maximum absolute atomic E-state index is 12.2. The number of carbonyl (C=O) groups excluding carboxylic acids is 1. The van der Waals surface area contributed by atoms with E-state index >= 15 is 0 Å². The molecule has 0 atom stereocenters. The Bertz CT molecular complexity index is 1120. The maximum atomic E-state index is 12.2. The lowest BCUT2D eigenvalue weighted by Gasteiger charge is -2.11. The number of halogens is 1. The second kappa shape index (κ2) is 9.78. The minimum Gasteiger partial charge on any atom is -0.481 e. The molecule has 0 saturated carbocycles. The Morgan fingerprint density at radius 2 is 1.73 bits per heavy atom. The molecule has 0 heterocycles. The second-order valence-electron chi connectivity index (χ2n) is 6.74. The third-order valence-electron chi connectivity index (χ3n) is 4.40. The summed E-state index contributed by atoms with van der Waals surface area (Å²) in [5, 5.41) is 10.1. The van der Waals surface area contributed by atoms with Gasteiger partial charge < -0.3 is 9.47 Å². The van der Waals surface area contributed by atoms with Crippen LogP contribution in [0.2, 0.25) is 5.02 Å². The number of nitrogens with zero attached hydrogens (tertiary/aromatic N) is 1. The summed E-state index contributed by atoms with van der Waals surface area (Å²) < 4.78 is 11.0. The van der Waals surface area contributed by atoms with Gasteiger partial charge in [-0.3, -0.25) is 0 Å². The van der Waals surface area contributed by atoms with Gasteiger partial charge in [-0.1, -0.05) is 54.1 Å². The van der Waals surface area contributed by atoms with Crippen molar-refractivity contribution >= 4 is 29.2 Å². The topological polar surface area (TPSA) is 59.3 Å². The van der Waals surface area contributed by atoms with Crippen molar-refractivity contribution < 1.29 is 14.3 Å². The molecular formula is C25H20ClNO3. The Kier molecular flexibility index (Phi) is 6.90. The van der Waals surface area contributed by atoms with E-state index in [1.165, 1.54) is 0 Å². The molecule has 3 aromatic carbocycles. The molecule has 0 aliphatic rings. The zero-order chi connectivity index (χ0) is 21.5. The highest BCUT2D eigenvalue weighted by Crippen LogP contribution is 2.24. The SMILES string of the molecule is Cc1cccc(C)c1OCC(=O)Oc1cccc(/C=C(/C#N)c2cccc(Cl)c2)c1. The summed E-state index contributed by atoms with van der Waals surface area (Å²) in [5.74, 6) is 0.558. The quantitative estimate of drug-likeness (QED) is 0.213. The summed E-state index contributed by atoms with van der Waals surface area (Å²) in [4.78, 5) is 12.2. The molecule has 150 valence electrons. The number of allylic oxidation sites excluding steroid dienone is 1. The van der Waals surface area contributed by atoms with Crippen LogP contribution in [-0.2, 0) is 4.79 Å². The maximum Gasteiger partial charge on any atom is 0.349 e. The van der Waals surface area contributed by atoms with Gasteiger partial charge in [-0.15, -0.1) is 0 Å². The normalized spacial score (nSPS) is 10.9. The van der Waals surface area contributed by atoms with Gasteiger partial charge in [0.1, 0.15) is 11.5 Å². The number of ether oxygens (including phenoxy) is 2. The Morgan fingerprint density at radius 3 is 2.43 bits per heavy atom. The summed E-state index contributed by atoms with van der Waals surface area (Å²) in [6.07, 6.45) is 1.72. The first kappa shape index (κ1) is 21.2. The van der Waals surface area contributed by atoms with Crippen molar-refractivity contribution in [2.75, 3.05) is 6.61 Å². The van der Waals surface area contributed by atoms with Gasteiger partial charge in [-0.2, -0.15) is 5.26 Å². The van der Waals surface area contributed by atoms with Crippen LogP contribution in [0, 0.1) is 25.2 Å². The Balaban J connectivity index is 1.71. The van der Waals surface area contributed by atoms with E-state index in [1.54, 1.807) is 42.5 Å². The van der Waals surface area contributed by atoms with E-state index in [9.17, 15) is 10.1 Å². The molecular weight excluding hydrogens is 398 g/mol. The molecule has 0 N–H and O–H groups in total. The predicted molar refractivity (Wildman–Crippen MR) is 118 cm³/mol. The first-order valence-electron chi connectivity index (χ1n) is 9.34. The van der Waals surface area contributed by atoms with Crippen LogP contribution >= 0.6 is 11.6 Å². The highest BCUT2D eigenvalue weighted by molar-refractivity contribution is 6.30. The van der Waals surface area contributed by atoms with Crippen molar-refractivity contribution in [2.45, 2.75) is 13.8 Å². The smallest absolute Gasteiger partial charge is 0.349 e. The van der Waals surface area contributed by atoms with E-state index in [0.29, 0.717) is 22.1 Å². The van der Waals surface area contributed by atoms with E-state index in [4.69, 9.17) is 21.1 Å². The largest absolute Gasteiger partial charge is 0.481 e. The van der Waals surface area contributed by atoms with Gasteiger partial charge in [0.25, 0.3) is 0 Å². The van der Waals surface area contributed by atoms with E-state index in [2.05, 4.69) is 6.07 Å². The van der Waals surface area contributed by atoms with Crippen molar-refractivity contribution in [1.29, 1.82) is 5.26 Å². The molecule has 0 amide bonds. The van der Waals surface area contributed by atoms with Gasteiger partial charge >= 0.3 is 5.97 Å². The molecule has 0 unspecified atom stereocenters. The summed E-state index contributed by atoms with van der Waals surface area (Å²) >= 11 is 6.02. The van der Waals surface area contributed by atoms with Gasteiger partial charge in [-0.05, 0) is 66.4 Å². The summed E-state index contributed by atoms with van der Waals surface area (Å²) in [5.41, 5.74) is 3.82. The fourth-order valence-corrected chi connectivity index (χ4v) is 3.18. The van der Waals surface area contributed by atoms with Crippen molar-refractivity contribution in [3.8, 4) is 17.6 Å². The number of hydrogen-bond acceptors (Lipinski definition) is 4. The van der Waals surface area contributed by atoms with Crippen molar-refractivity contribution in [2.24, 2.45) is 0 Å². The van der Waals surface area contributed by atoms with Crippen LogP contribution in [0.1, 0.15) is 22.3 Å². The number of aryl methyl sites for hydroxylation is 2. The minimum atomic E-state index is -0.505. The monoisotopic (exact) mass is 417 g/mol. The lowest BCUT2D eigenvalue weighted by Crippen LogP contribution is -2.18. The molecule has 5 heteroatoms. The van der Waals surface area contributed by atoms with Crippen LogP contribution < -0.4 is 9.47 Å². The Morgan fingerprint density at radius 1 is 1.03 bits per heavy atom. The fourth-order valence-electron chi connectivity index (χ4n) is 2.99. The Hall–Kier alpha value is -3.55. The van der Waals surface area contributed by atoms with Crippen molar-refractivity contribution in [3.63, 3.8) is 0 Å². The van der Waals surface area contributed by atoms with Gasteiger partial charge in [-0.25, -0.2) is 4.79 Å². The van der Waals surface area contributed by atoms with Gasteiger partial charge in [0.05, 0.1) is 11.6 Å². The molecule has 0 bridgehead atoms. The summed E-state index contributed by atoms with van der Waals surface area (Å²) in [6, 6.07) is 22.0. The number of hydrogen-bond donors (Lipinski definition) is 0. The molecule has 0 aliphatic carbocycles. The van der Waals surface area contributed by atoms with Crippen LogP contribution in [0.5, 0.6) is 11.5 Å². The van der Waals surface area contributed by atoms with Crippen LogP contribution in [0.25, 0.3) is 11.6 Å². The van der Waals surface area contributed by atoms with Gasteiger partial charge in [0.15, 0.2) is 6.61 Å². The second-order valence-corrected chi connectivity index (χ2v) is 7.17. The molecule has 0 fully saturated rings. The fraction of sp³-hybridized carbons (Fsp3) is 0.120.